The fraction of sp³-hybridized carbons (Fsp3) is 0.280. The van der Waals surface area contributed by atoms with E-state index in [-0.39, 0.29) is 24.3 Å². The minimum absolute atomic E-state index is 0.109. The zero-order chi connectivity index (χ0) is 20.4. The molecule has 1 N–H and O–H groups in total. The zero-order valence-electron chi connectivity index (χ0n) is 16.6. The van der Waals surface area contributed by atoms with Crippen LogP contribution in [0.1, 0.15) is 41.9 Å². The van der Waals surface area contributed by atoms with Gasteiger partial charge < -0.3 is 10.1 Å². The summed E-state index contributed by atoms with van der Waals surface area (Å²) in [7, 11) is 0. The molecule has 2 aromatic carbocycles. The van der Waals surface area contributed by atoms with E-state index in [1.54, 1.807) is 0 Å². The Kier molecular flexibility index (Phi) is 5.34. The molecule has 2 atom stereocenters. The van der Waals surface area contributed by atoms with E-state index in [1.807, 2.05) is 61.5 Å². The molecule has 4 nitrogen and oxygen atoms in total. The Labute approximate surface area is 171 Å². The Morgan fingerprint density at radius 3 is 2.55 bits per heavy atom. The first-order chi connectivity index (χ1) is 14.0. The number of hydrogen-bond donors (Lipinski definition) is 1. The molecule has 0 saturated carbocycles. The third-order valence-corrected chi connectivity index (χ3v) is 5.70. The lowest BCUT2D eigenvalue weighted by atomic mass is 9.71. The van der Waals surface area contributed by atoms with Crippen LogP contribution in [0.4, 0.5) is 0 Å². The number of ether oxygens (including phenoxy) is 1. The third kappa shape index (κ3) is 3.88. The highest BCUT2D eigenvalue weighted by molar-refractivity contribution is 6.00. The normalized spacial score (nSPS) is 21.4. The number of esters is 1. The second-order valence-electron chi connectivity index (χ2n) is 7.78. The van der Waals surface area contributed by atoms with Crippen molar-refractivity contribution in [3.8, 4) is 0 Å². The summed E-state index contributed by atoms with van der Waals surface area (Å²) < 4.78 is 5.65. The van der Waals surface area contributed by atoms with Crippen molar-refractivity contribution in [1.82, 2.24) is 5.32 Å². The van der Waals surface area contributed by atoms with E-state index in [4.69, 9.17) is 4.74 Å². The highest BCUT2D eigenvalue weighted by Crippen LogP contribution is 2.44. The highest BCUT2D eigenvalue weighted by Gasteiger charge is 2.43. The molecule has 4 rings (SSSR count). The second kappa shape index (κ2) is 8.08. The summed E-state index contributed by atoms with van der Waals surface area (Å²) in [5, 5.41) is 3.25. The maximum atomic E-state index is 13.2. The molecular weight excluding hydrogens is 362 g/mol. The van der Waals surface area contributed by atoms with Gasteiger partial charge >= 0.3 is 5.97 Å². The van der Waals surface area contributed by atoms with Crippen molar-refractivity contribution in [2.75, 3.05) is 0 Å². The Hall–Kier alpha value is -3.14. The van der Waals surface area contributed by atoms with E-state index < -0.39 is 5.92 Å². The van der Waals surface area contributed by atoms with Crippen molar-refractivity contribution >= 4 is 11.8 Å². The van der Waals surface area contributed by atoms with Gasteiger partial charge in [0.2, 0.25) is 0 Å². The lowest BCUT2D eigenvalue weighted by molar-refractivity contribution is -0.149. The van der Waals surface area contributed by atoms with Gasteiger partial charge in [-0.05, 0) is 30.9 Å². The maximum Gasteiger partial charge on any atom is 0.316 e. The molecule has 1 heterocycles. The summed E-state index contributed by atoms with van der Waals surface area (Å²) in [5.74, 6) is -1.25. The summed E-state index contributed by atoms with van der Waals surface area (Å²) in [6.45, 7) is 6.34. The fourth-order valence-corrected chi connectivity index (χ4v) is 4.22. The van der Waals surface area contributed by atoms with Gasteiger partial charge in [-0.2, -0.15) is 0 Å². The molecule has 2 aromatic rings. The number of hydrogen-bond acceptors (Lipinski definition) is 4. The molecule has 1 aliphatic carbocycles. The molecule has 2 aliphatic rings. The molecular formula is C25H25NO3. The monoisotopic (exact) mass is 387 g/mol. The number of rotatable bonds is 4. The number of carbonyl (C=O) groups is 2. The number of benzene rings is 2. The molecule has 0 fully saturated rings. The van der Waals surface area contributed by atoms with E-state index >= 15 is 0 Å². The summed E-state index contributed by atoms with van der Waals surface area (Å²) in [6, 6.07) is 17.6. The number of allylic oxidation sites excluding steroid dienone is 2. The molecule has 0 amide bonds. The van der Waals surface area contributed by atoms with Crippen LogP contribution in [-0.4, -0.2) is 11.8 Å². The molecule has 1 aliphatic heterocycles. The molecule has 0 bridgehead atoms. The van der Waals surface area contributed by atoms with Crippen molar-refractivity contribution < 1.29 is 14.3 Å². The first-order valence-corrected chi connectivity index (χ1v) is 10.0. The van der Waals surface area contributed by atoms with Crippen LogP contribution in [0.5, 0.6) is 0 Å². The van der Waals surface area contributed by atoms with Crippen molar-refractivity contribution in [2.24, 2.45) is 5.92 Å². The predicted molar refractivity (Wildman–Crippen MR) is 112 cm³/mol. The van der Waals surface area contributed by atoms with E-state index in [9.17, 15) is 9.59 Å². The summed E-state index contributed by atoms with van der Waals surface area (Å²) in [4.78, 5) is 26.0. The lowest BCUT2D eigenvalue weighted by Gasteiger charge is -2.38. The largest absolute Gasteiger partial charge is 0.460 e. The zero-order valence-corrected chi connectivity index (χ0v) is 16.6. The topological polar surface area (TPSA) is 55.4 Å². The molecule has 0 saturated heterocycles. The number of Topliss-reactive ketones (excluding diaryl/α,β-unsaturated/α-hetero) is 1. The molecule has 2 unspecified atom stereocenters. The van der Waals surface area contributed by atoms with Gasteiger partial charge in [0.1, 0.15) is 12.5 Å². The smallest absolute Gasteiger partial charge is 0.316 e. The number of aryl methyl sites for hydroxylation is 1. The SMILES string of the molecule is C=C1NC2=C(C(=O)CCC2)C(c2ccc(C)cc2)C1C(=O)OCc1ccccc1. The fourth-order valence-electron chi connectivity index (χ4n) is 4.22. The van der Waals surface area contributed by atoms with Crippen LogP contribution in [0, 0.1) is 12.8 Å². The molecule has 148 valence electrons. The van der Waals surface area contributed by atoms with E-state index in [2.05, 4.69) is 11.9 Å². The standard InChI is InChI=1S/C25H25NO3/c1-16-11-13-19(14-12-16)23-22(25(28)29-15-18-7-4-3-5-8-18)17(2)26-20-9-6-10-21(27)24(20)23/h3-5,7-8,11-14,22-23,26H,2,6,9-10,15H2,1H3. The van der Waals surface area contributed by atoms with Gasteiger partial charge in [-0.15, -0.1) is 0 Å². The van der Waals surface area contributed by atoms with Crippen LogP contribution in [-0.2, 0) is 20.9 Å². The van der Waals surface area contributed by atoms with Crippen molar-refractivity contribution in [3.05, 3.63) is 94.8 Å². The first-order valence-electron chi connectivity index (χ1n) is 10.0. The first kappa shape index (κ1) is 19.2. The van der Waals surface area contributed by atoms with Gasteiger partial charge in [-0.25, -0.2) is 0 Å². The Morgan fingerprint density at radius 1 is 1.10 bits per heavy atom. The number of ketones is 1. The Morgan fingerprint density at radius 2 is 1.83 bits per heavy atom. The van der Waals surface area contributed by atoms with Gasteiger partial charge in [0, 0.05) is 29.3 Å². The predicted octanol–water partition coefficient (Wildman–Crippen LogP) is 4.56. The average Bonchev–Trinajstić information content (AvgIpc) is 2.72. The number of carbonyl (C=O) groups excluding carboxylic acids is 2. The van der Waals surface area contributed by atoms with Gasteiger partial charge in [-0.3, -0.25) is 9.59 Å². The minimum atomic E-state index is -0.637. The van der Waals surface area contributed by atoms with Crippen LogP contribution >= 0.6 is 0 Å². The minimum Gasteiger partial charge on any atom is -0.460 e. The lowest BCUT2D eigenvalue weighted by Crippen LogP contribution is -2.41. The number of nitrogens with one attached hydrogen (secondary N) is 1. The van der Waals surface area contributed by atoms with E-state index in [0.29, 0.717) is 17.7 Å². The van der Waals surface area contributed by atoms with Crippen LogP contribution in [0.3, 0.4) is 0 Å². The summed E-state index contributed by atoms with van der Waals surface area (Å²) in [5.41, 5.74) is 5.23. The maximum absolute atomic E-state index is 13.2. The van der Waals surface area contributed by atoms with E-state index in [1.165, 1.54) is 0 Å². The quantitative estimate of drug-likeness (QED) is 0.782. The van der Waals surface area contributed by atoms with Gasteiger partial charge in [-0.1, -0.05) is 66.7 Å². The van der Waals surface area contributed by atoms with Crippen molar-refractivity contribution in [3.63, 3.8) is 0 Å². The van der Waals surface area contributed by atoms with Crippen molar-refractivity contribution in [1.29, 1.82) is 0 Å². The van der Waals surface area contributed by atoms with E-state index in [0.717, 1.165) is 35.2 Å². The van der Waals surface area contributed by atoms with Gasteiger partial charge in [0.15, 0.2) is 5.78 Å². The molecule has 29 heavy (non-hydrogen) atoms. The van der Waals surface area contributed by atoms with Crippen LogP contribution < -0.4 is 5.32 Å². The molecule has 0 aromatic heterocycles. The summed E-state index contributed by atoms with van der Waals surface area (Å²) >= 11 is 0. The third-order valence-electron chi connectivity index (χ3n) is 5.70. The van der Waals surface area contributed by atoms with Crippen LogP contribution in [0.2, 0.25) is 0 Å². The van der Waals surface area contributed by atoms with Crippen LogP contribution in [0.25, 0.3) is 0 Å². The Balaban J connectivity index is 1.69. The van der Waals surface area contributed by atoms with Crippen LogP contribution in [0.15, 0.2) is 78.1 Å². The average molecular weight is 387 g/mol. The van der Waals surface area contributed by atoms with Gasteiger partial charge in [0.25, 0.3) is 0 Å². The Bertz CT molecular complexity index is 973. The molecule has 0 spiro atoms. The van der Waals surface area contributed by atoms with Crippen molar-refractivity contribution in [2.45, 2.75) is 38.7 Å². The molecule has 0 radical (unpaired) electrons. The molecule has 4 heteroatoms. The summed E-state index contributed by atoms with van der Waals surface area (Å²) in [6.07, 6.45) is 2.14. The second-order valence-corrected chi connectivity index (χ2v) is 7.78. The van der Waals surface area contributed by atoms with Gasteiger partial charge in [0.05, 0.1) is 0 Å². The highest BCUT2D eigenvalue weighted by atomic mass is 16.5.